The summed E-state index contributed by atoms with van der Waals surface area (Å²) in [5, 5.41) is 3.57. The van der Waals surface area contributed by atoms with Gasteiger partial charge in [0.05, 0.1) is 0 Å². The Hall–Kier alpha value is -0.0800. The summed E-state index contributed by atoms with van der Waals surface area (Å²) in [5.74, 6) is 0.864. The van der Waals surface area contributed by atoms with E-state index in [1.807, 2.05) is 0 Å². The molecule has 1 saturated heterocycles. The Labute approximate surface area is 101 Å². The van der Waals surface area contributed by atoms with Crippen LogP contribution in [0.2, 0.25) is 0 Å². The summed E-state index contributed by atoms with van der Waals surface area (Å²) in [6, 6.07) is 0. The molecule has 0 radical (unpaired) electrons. The zero-order valence-corrected chi connectivity index (χ0v) is 11.5. The molecule has 0 spiro atoms. The molecule has 94 valence electrons. The number of likely N-dealkylation sites (tertiary alicyclic amines) is 1. The third kappa shape index (κ3) is 1.91. The SMILES string of the molecule is CNC1(C)CCC(CN2CCCC2)C1(C)C. The van der Waals surface area contributed by atoms with E-state index in [-0.39, 0.29) is 0 Å². The molecule has 1 N–H and O–H groups in total. The number of hydrogen-bond acceptors (Lipinski definition) is 2. The average molecular weight is 224 g/mol. The number of hydrogen-bond donors (Lipinski definition) is 1. The van der Waals surface area contributed by atoms with Crippen LogP contribution in [0.1, 0.15) is 46.5 Å². The molecule has 0 aromatic heterocycles. The predicted octanol–water partition coefficient (Wildman–Crippen LogP) is 2.50. The van der Waals surface area contributed by atoms with Crippen molar-refractivity contribution in [1.29, 1.82) is 0 Å². The van der Waals surface area contributed by atoms with Crippen molar-refractivity contribution in [2.75, 3.05) is 26.7 Å². The summed E-state index contributed by atoms with van der Waals surface area (Å²) in [4.78, 5) is 2.67. The quantitative estimate of drug-likeness (QED) is 0.792. The third-order valence-electron chi connectivity index (χ3n) is 5.66. The van der Waals surface area contributed by atoms with Gasteiger partial charge in [-0.3, -0.25) is 0 Å². The van der Waals surface area contributed by atoms with Gasteiger partial charge in [-0.2, -0.15) is 0 Å². The lowest BCUT2D eigenvalue weighted by molar-refractivity contribution is 0.109. The summed E-state index contributed by atoms with van der Waals surface area (Å²) in [6.07, 6.45) is 5.54. The van der Waals surface area contributed by atoms with E-state index in [9.17, 15) is 0 Å². The molecule has 2 rings (SSSR count). The van der Waals surface area contributed by atoms with Gasteiger partial charge in [0.25, 0.3) is 0 Å². The first-order chi connectivity index (χ1) is 7.49. The first kappa shape index (κ1) is 12.4. The molecule has 0 aromatic rings. The van der Waals surface area contributed by atoms with Crippen LogP contribution in [0.5, 0.6) is 0 Å². The standard InChI is InChI=1S/C14H28N2/c1-13(2)12(7-8-14(13,3)15-4)11-16-9-5-6-10-16/h12,15H,5-11H2,1-4H3. The number of nitrogens with one attached hydrogen (secondary N) is 1. The van der Waals surface area contributed by atoms with Crippen molar-refractivity contribution >= 4 is 0 Å². The Morgan fingerprint density at radius 2 is 1.81 bits per heavy atom. The number of rotatable bonds is 3. The van der Waals surface area contributed by atoms with Crippen LogP contribution >= 0.6 is 0 Å². The first-order valence-corrected chi connectivity index (χ1v) is 6.91. The summed E-state index contributed by atoms with van der Waals surface area (Å²) >= 11 is 0. The minimum absolute atomic E-state index is 0.331. The molecule has 2 heteroatoms. The molecule has 2 unspecified atom stereocenters. The molecule has 0 amide bonds. The average Bonchev–Trinajstić information content (AvgIpc) is 2.81. The minimum Gasteiger partial charge on any atom is -0.314 e. The van der Waals surface area contributed by atoms with Gasteiger partial charge in [0.1, 0.15) is 0 Å². The van der Waals surface area contributed by atoms with Crippen molar-refractivity contribution in [2.45, 2.75) is 52.0 Å². The molecule has 2 nitrogen and oxygen atoms in total. The largest absolute Gasteiger partial charge is 0.314 e. The lowest BCUT2D eigenvalue weighted by atomic mass is 9.71. The zero-order valence-electron chi connectivity index (χ0n) is 11.5. The van der Waals surface area contributed by atoms with Crippen LogP contribution in [0.3, 0.4) is 0 Å². The molecular formula is C14H28N2. The smallest absolute Gasteiger partial charge is 0.0204 e. The van der Waals surface area contributed by atoms with Crippen LogP contribution in [-0.2, 0) is 0 Å². The van der Waals surface area contributed by atoms with Gasteiger partial charge in [0, 0.05) is 12.1 Å². The molecule has 1 aliphatic carbocycles. The maximum absolute atomic E-state index is 3.57. The van der Waals surface area contributed by atoms with Crippen LogP contribution in [0, 0.1) is 11.3 Å². The lowest BCUT2D eigenvalue weighted by Crippen LogP contribution is -2.51. The molecule has 1 saturated carbocycles. The Morgan fingerprint density at radius 1 is 1.19 bits per heavy atom. The van der Waals surface area contributed by atoms with Crippen molar-refractivity contribution in [1.82, 2.24) is 10.2 Å². The second-order valence-electron chi connectivity index (χ2n) is 6.55. The third-order valence-corrected chi connectivity index (χ3v) is 5.66. The van der Waals surface area contributed by atoms with Gasteiger partial charge in [-0.25, -0.2) is 0 Å². The van der Waals surface area contributed by atoms with Crippen LogP contribution in [0.15, 0.2) is 0 Å². The molecule has 1 heterocycles. The van der Waals surface area contributed by atoms with Gasteiger partial charge in [-0.15, -0.1) is 0 Å². The highest BCUT2D eigenvalue weighted by molar-refractivity contribution is 5.06. The highest BCUT2D eigenvalue weighted by Gasteiger charge is 2.50. The van der Waals surface area contributed by atoms with E-state index < -0.39 is 0 Å². The fraction of sp³-hybridized carbons (Fsp3) is 1.00. The van der Waals surface area contributed by atoms with Crippen LogP contribution in [0.25, 0.3) is 0 Å². The molecule has 1 aliphatic heterocycles. The Morgan fingerprint density at radius 3 is 2.31 bits per heavy atom. The van der Waals surface area contributed by atoms with Crippen LogP contribution in [0.4, 0.5) is 0 Å². The van der Waals surface area contributed by atoms with E-state index in [0.29, 0.717) is 11.0 Å². The fourth-order valence-corrected chi connectivity index (χ4v) is 3.64. The Bertz CT molecular complexity index is 243. The molecule has 0 bridgehead atoms. The Balaban J connectivity index is 2.01. The molecule has 0 aromatic carbocycles. The summed E-state index contributed by atoms with van der Waals surface area (Å²) < 4.78 is 0. The molecular weight excluding hydrogens is 196 g/mol. The second kappa shape index (κ2) is 4.30. The topological polar surface area (TPSA) is 15.3 Å². The van der Waals surface area contributed by atoms with Crippen molar-refractivity contribution < 1.29 is 0 Å². The van der Waals surface area contributed by atoms with Gasteiger partial charge in [0.15, 0.2) is 0 Å². The van der Waals surface area contributed by atoms with Gasteiger partial charge >= 0.3 is 0 Å². The van der Waals surface area contributed by atoms with Crippen LogP contribution in [-0.4, -0.2) is 37.1 Å². The summed E-state index contributed by atoms with van der Waals surface area (Å²) in [5.41, 5.74) is 0.752. The van der Waals surface area contributed by atoms with Crippen molar-refractivity contribution in [3.63, 3.8) is 0 Å². The van der Waals surface area contributed by atoms with Gasteiger partial charge in [-0.1, -0.05) is 13.8 Å². The van der Waals surface area contributed by atoms with E-state index in [1.54, 1.807) is 0 Å². The molecule has 2 aliphatic rings. The first-order valence-electron chi connectivity index (χ1n) is 6.91. The van der Waals surface area contributed by atoms with E-state index in [2.05, 4.69) is 38.0 Å². The van der Waals surface area contributed by atoms with Gasteiger partial charge < -0.3 is 10.2 Å². The summed E-state index contributed by atoms with van der Waals surface area (Å²) in [7, 11) is 2.12. The highest BCUT2D eigenvalue weighted by Crippen LogP contribution is 2.50. The molecule has 2 fully saturated rings. The second-order valence-corrected chi connectivity index (χ2v) is 6.55. The monoisotopic (exact) mass is 224 g/mol. The minimum atomic E-state index is 0.331. The molecule has 16 heavy (non-hydrogen) atoms. The summed E-state index contributed by atoms with van der Waals surface area (Å²) in [6.45, 7) is 11.3. The van der Waals surface area contributed by atoms with E-state index >= 15 is 0 Å². The Kier molecular flexibility index (Phi) is 3.33. The fourth-order valence-electron chi connectivity index (χ4n) is 3.64. The normalized spacial score (nSPS) is 39.4. The molecule has 2 atom stereocenters. The van der Waals surface area contributed by atoms with Crippen molar-refractivity contribution in [2.24, 2.45) is 11.3 Å². The van der Waals surface area contributed by atoms with Crippen LogP contribution < -0.4 is 5.32 Å². The van der Waals surface area contributed by atoms with Crippen molar-refractivity contribution in [3.8, 4) is 0 Å². The number of nitrogens with zero attached hydrogens (tertiary/aromatic N) is 1. The zero-order chi connectivity index (χ0) is 11.8. The maximum atomic E-state index is 3.57. The lowest BCUT2D eigenvalue weighted by Gasteiger charge is -2.42. The van der Waals surface area contributed by atoms with E-state index in [0.717, 1.165) is 5.92 Å². The van der Waals surface area contributed by atoms with Gasteiger partial charge in [-0.05, 0) is 64.1 Å². The van der Waals surface area contributed by atoms with Crippen molar-refractivity contribution in [3.05, 3.63) is 0 Å². The van der Waals surface area contributed by atoms with E-state index in [1.165, 1.54) is 45.3 Å². The highest BCUT2D eigenvalue weighted by atomic mass is 15.1. The van der Waals surface area contributed by atoms with E-state index in [4.69, 9.17) is 0 Å². The predicted molar refractivity (Wildman–Crippen MR) is 69.6 cm³/mol. The van der Waals surface area contributed by atoms with Gasteiger partial charge in [0.2, 0.25) is 0 Å². The maximum Gasteiger partial charge on any atom is 0.0204 e.